The molecule has 0 aromatic carbocycles. The van der Waals surface area contributed by atoms with Crippen LogP contribution in [0, 0.1) is 4.77 Å². The van der Waals surface area contributed by atoms with Crippen LogP contribution in [-0.2, 0) is 11.3 Å². The number of likely N-dealkylation sites (tertiary alicyclic amines) is 1. The predicted octanol–water partition coefficient (Wildman–Crippen LogP) is 2.23. The van der Waals surface area contributed by atoms with Gasteiger partial charge in [-0.3, -0.25) is 14.5 Å². The summed E-state index contributed by atoms with van der Waals surface area (Å²) in [5.41, 5.74) is 0. The normalized spacial score (nSPS) is 16.0. The Morgan fingerprint density at radius 1 is 1.29 bits per heavy atom. The van der Waals surface area contributed by atoms with Crippen LogP contribution in [0.2, 0.25) is 0 Å². The zero-order valence-electron chi connectivity index (χ0n) is 11.7. The molecule has 1 aliphatic rings. The van der Waals surface area contributed by atoms with Gasteiger partial charge in [0.15, 0.2) is 5.82 Å². The van der Waals surface area contributed by atoms with Crippen LogP contribution in [0.4, 0.5) is 0 Å². The molecule has 2 aromatic rings. The van der Waals surface area contributed by atoms with Crippen molar-refractivity contribution in [3.8, 4) is 5.82 Å². The van der Waals surface area contributed by atoms with E-state index >= 15 is 0 Å². The van der Waals surface area contributed by atoms with Crippen molar-refractivity contribution in [2.75, 3.05) is 6.54 Å². The van der Waals surface area contributed by atoms with Crippen LogP contribution >= 0.6 is 12.2 Å². The van der Waals surface area contributed by atoms with E-state index in [1.807, 2.05) is 23.1 Å². The fourth-order valence-corrected chi connectivity index (χ4v) is 2.78. The third-order valence-electron chi connectivity index (χ3n) is 3.62. The van der Waals surface area contributed by atoms with Crippen LogP contribution in [0.25, 0.3) is 5.82 Å². The number of H-pyrrole nitrogens is 1. The first-order valence-electron chi connectivity index (χ1n) is 7.11. The highest BCUT2D eigenvalue weighted by Gasteiger charge is 2.20. The number of nitrogens with one attached hydrogen (secondary N) is 1. The monoisotopic (exact) mass is 303 g/mol. The molecule has 0 radical (unpaired) electrons. The minimum Gasteiger partial charge on any atom is -0.335 e. The molecule has 7 heteroatoms. The quantitative estimate of drug-likeness (QED) is 0.883. The molecular formula is C14H17N5OS. The van der Waals surface area contributed by atoms with E-state index < -0.39 is 0 Å². The third-order valence-corrected chi connectivity index (χ3v) is 3.90. The first-order chi connectivity index (χ1) is 10.3. The van der Waals surface area contributed by atoms with E-state index in [0.29, 0.717) is 29.4 Å². The summed E-state index contributed by atoms with van der Waals surface area (Å²) in [6, 6.07) is 5.63. The predicted molar refractivity (Wildman–Crippen MR) is 80.4 cm³/mol. The number of rotatable bonds is 3. The second-order valence-corrected chi connectivity index (χ2v) is 5.48. The second kappa shape index (κ2) is 6.17. The number of aromatic nitrogens is 4. The van der Waals surface area contributed by atoms with E-state index in [1.54, 1.807) is 10.8 Å². The first-order valence-corrected chi connectivity index (χ1v) is 7.52. The molecule has 0 spiro atoms. The van der Waals surface area contributed by atoms with Gasteiger partial charge in [-0.15, -0.1) is 0 Å². The Labute approximate surface area is 127 Å². The average molecular weight is 303 g/mol. The number of carbonyl (C=O) groups excluding carboxylic acids is 1. The van der Waals surface area contributed by atoms with E-state index in [-0.39, 0.29) is 5.91 Å². The average Bonchev–Trinajstić information content (AvgIpc) is 2.74. The molecular weight excluding hydrogens is 286 g/mol. The standard InChI is InChI=1S/C14H17N5OS/c20-13-7-2-1-5-9-18(13)10-12-16-17-14(21)19(12)11-6-3-4-8-15-11/h3-4,6,8H,1-2,5,7,9-10H2,(H,17,21). The molecule has 0 aliphatic carbocycles. The van der Waals surface area contributed by atoms with Gasteiger partial charge in [-0.1, -0.05) is 12.5 Å². The van der Waals surface area contributed by atoms with Gasteiger partial charge in [0.2, 0.25) is 10.7 Å². The maximum absolute atomic E-state index is 12.1. The van der Waals surface area contributed by atoms with Crippen molar-refractivity contribution in [2.45, 2.75) is 32.2 Å². The molecule has 0 unspecified atom stereocenters. The number of carbonyl (C=O) groups is 1. The van der Waals surface area contributed by atoms with E-state index in [4.69, 9.17) is 12.2 Å². The molecule has 0 saturated carbocycles. The molecule has 1 N–H and O–H groups in total. The minimum atomic E-state index is 0.189. The summed E-state index contributed by atoms with van der Waals surface area (Å²) < 4.78 is 2.28. The summed E-state index contributed by atoms with van der Waals surface area (Å²) in [7, 11) is 0. The van der Waals surface area contributed by atoms with E-state index in [1.165, 1.54) is 0 Å². The Morgan fingerprint density at radius 2 is 2.19 bits per heavy atom. The van der Waals surface area contributed by atoms with Crippen LogP contribution in [0.3, 0.4) is 0 Å². The number of hydrogen-bond acceptors (Lipinski definition) is 4. The van der Waals surface area contributed by atoms with Gasteiger partial charge in [0, 0.05) is 19.2 Å². The van der Waals surface area contributed by atoms with Crippen molar-refractivity contribution < 1.29 is 4.79 Å². The number of amides is 1. The lowest BCUT2D eigenvalue weighted by Gasteiger charge is -2.20. The highest BCUT2D eigenvalue weighted by atomic mass is 32.1. The lowest BCUT2D eigenvalue weighted by atomic mass is 10.2. The lowest BCUT2D eigenvalue weighted by Crippen LogP contribution is -2.31. The van der Waals surface area contributed by atoms with Gasteiger partial charge in [-0.05, 0) is 37.2 Å². The van der Waals surface area contributed by atoms with Crippen LogP contribution in [0.5, 0.6) is 0 Å². The second-order valence-electron chi connectivity index (χ2n) is 5.09. The number of nitrogens with zero attached hydrogens (tertiary/aromatic N) is 4. The Bertz CT molecular complexity index is 678. The Balaban J connectivity index is 1.90. The van der Waals surface area contributed by atoms with Gasteiger partial charge in [0.1, 0.15) is 5.82 Å². The molecule has 110 valence electrons. The SMILES string of the molecule is O=C1CCCCCN1Cc1n[nH]c(=S)n1-c1ccccn1. The summed E-state index contributed by atoms with van der Waals surface area (Å²) in [5.74, 6) is 1.62. The molecule has 1 amide bonds. The number of hydrogen-bond donors (Lipinski definition) is 1. The van der Waals surface area contributed by atoms with E-state index in [0.717, 1.165) is 25.8 Å². The maximum atomic E-state index is 12.1. The summed E-state index contributed by atoms with van der Waals surface area (Å²) in [4.78, 5) is 18.3. The number of pyridine rings is 1. The van der Waals surface area contributed by atoms with Crippen molar-refractivity contribution in [1.29, 1.82) is 0 Å². The third kappa shape index (κ3) is 3.02. The van der Waals surface area contributed by atoms with Crippen molar-refractivity contribution >= 4 is 18.1 Å². The molecule has 2 aromatic heterocycles. The molecule has 3 heterocycles. The number of aromatic amines is 1. The fourth-order valence-electron chi connectivity index (χ4n) is 2.53. The largest absolute Gasteiger partial charge is 0.335 e. The van der Waals surface area contributed by atoms with Crippen molar-refractivity contribution in [2.24, 2.45) is 0 Å². The van der Waals surface area contributed by atoms with Gasteiger partial charge >= 0.3 is 0 Å². The minimum absolute atomic E-state index is 0.189. The van der Waals surface area contributed by atoms with Crippen LogP contribution in [0.15, 0.2) is 24.4 Å². The molecule has 1 fully saturated rings. The van der Waals surface area contributed by atoms with Crippen molar-refractivity contribution in [3.63, 3.8) is 0 Å². The lowest BCUT2D eigenvalue weighted by molar-refractivity contribution is -0.131. The van der Waals surface area contributed by atoms with Crippen molar-refractivity contribution in [3.05, 3.63) is 35.0 Å². The summed E-state index contributed by atoms with van der Waals surface area (Å²) in [6.07, 6.45) is 5.46. The van der Waals surface area contributed by atoms with Gasteiger partial charge in [-0.25, -0.2) is 4.98 Å². The van der Waals surface area contributed by atoms with Crippen LogP contribution in [-0.4, -0.2) is 37.1 Å². The Kier molecular flexibility index (Phi) is 4.10. The zero-order chi connectivity index (χ0) is 14.7. The molecule has 3 rings (SSSR count). The molecule has 1 aliphatic heterocycles. The smallest absolute Gasteiger partial charge is 0.222 e. The summed E-state index contributed by atoms with van der Waals surface area (Å²) in [6.45, 7) is 1.24. The van der Waals surface area contributed by atoms with Crippen LogP contribution in [0.1, 0.15) is 31.5 Å². The van der Waals surface area contributed by atoms with Gasteiger partial charge < -0.3 is 4.90 Å². The zero-order valence-corrected chi connectivity index (χ0v) is 12.5. The molecule has 0 bridgehead atoms. The van der Waals surface area contributed by atoms with Crippen LogP contribution < -0.4 is 0 Å². The van der Waals surface area contributed by atoms with Gasteiger partial charge in [-0.2, -0.15) is 5.10 Å². The summed E-state index contributed by atoms with van der Waals surface area (Å²) in [5, 5.41) is 7.06. The van der Waals surface area contributed by atoms with Gasteiger partial charge in [0.05, 0.1) is 6.54 Å². The summed E-state index contributed by atoms with van der Waals surface area (Å²) >= 11 is 5.28. The molecule has 6 nitrogen and oxygen atoms in total. The molecule has 1 saturated heterocycles. The first kappa shape index (κ1) is 13.9. The molecule has 21 heavy (non-hydrogen) atoms. The molecule has 0 atom stereocenters. The topological polar surface area (TPSA) is 66.8 Å². The van der Waals surface area contributed by atoms with Gasteiger partial charge in [0.25, 0.3) is 0 Å². The Morgan fingerprint density at radius 3 is 3.00 bits per heavy atom. The Hall–Kier alpha value is -2.02. The van der Waals surface area contributed by atoms with E-state index in [9.17, 15) is 4.79 Å². The van der Waals surface area contributed by atoms with Crippen molar-refractivity contribution in [1.82, 2.24) is 24.6 Å². The fraction of sp³-hybridized carbons (Fsp3) is 0.429. The van der Waals surface area contributed by atoms with E-state index in [2.05, 4.69) is 15.2 Å². The highest BCUT2D eigenvalue weighted by Crippen LogP contribution is 2.15. The highest BCUT2D eigenvalue weighted by molar-refractivity contribution is 7.71. The maximum Gasteiger partial charge on any atom is 0.222 e.